The number of benzene rings is 1. The highest BCUT2D eigenvalue weighted by molar-refractivity contribution is 9.10. The van der Waals surface area contributed by atoms with Crippen LogP contribution in [-0.2, 0) is 11.2 Å². The SMILES string of the molecule is C=CCOC(=O)N1CC(Cc2ccccc2Br)C1. The summed E-state index contributed by atoms with van der Waals surface area (Å²) in [7, 11) is 0. The van der Waals surface area contributed by atoms with Gasteiger partial charge in [0.25, 0.3) is 0 Å². The Morgan fingerprint density at radius 2 is 2.22 bits per heavy atom. The molecule has 0 radical (unpaired) electrons. The second kappa shape index (κ2) is 6.05. The van der Waals surface area contributed by atoms with Crippen molar-refractivity contribution in [3.8, 4) is 0 Å². The molecular weight excluding hydrogens is 294 g/mol. The van der Waals surface area contributed by atoms with E-state index < -0.39 is 0 Å². The van der Waals surface area contributed by atoms with Gasteiger partial charge in [-0.05, 0) is 24.0 Å². The van der Waals surface area contributed by atoms with Crippen molar-refractivity contribution in [3.63, 3.8) is 0 Å². The van der Waals surface area contributed by atoms with Gasteiger partial charge in [-0.3, -0.25) is 0 Å². The average molecular weight is 310 g/mol. The molecular formula is C14H16BrNO2. The van der Waals surface area contributed by atoms with E-state index >= 15 is 0 Å². The van der Waals surface area contributed by atoms with E-state index in [1.54, 1.807) is 11.0 Å². The van der Waals surface area contributed by atoms with E-state index in [1.165, 1.54) is 5.56 Å². The molecule has 3 nitrogen and oxygen atoms in total. The molecule has 96 valence electrons. The van der Waals surface area contributed by atoms with E-state index in [4.69, 9.17) is 4.74 Å². The number of hydrogen-bond donors (Lipinski definition) is 0. The Hall–Kier alpha value is -1.29. The number of hydrogen-bond acceptors (Lipinski definition) is 2. The predicted octanol–water partition coefficient (Wildman–Crippen LogP) is 3.25. The van der Waals surface area contributed by atoms with Gasteiger partial charge in [0.2, 0.25) is 0 Å². The van der Waals surface area contributed by atoms with Crippen molar-refractivity contribution in [1.29, 1.82) is 0 Å². The molecule has 1 aliphatic rings. The topological polar surface area (TPSA) is 29.5 Å². The number of carbonyl (C=O) groups is 1. The second-order valence-corrected chi connectivity index (χ2v) is 5.29. The van der Waals surface area contributed by atoms with Crippen LogP contribution in [0.15, 0.2) is 41.4 Å². The van der Waals surface area contributed by atoms with Gasteiger partial charge in [0.1, 0.15) is 6.61 Å². The third-order valence-corrected chi connectivity index (χ3v) is 3.78. The molecule has 0 aromatic heterocycles. The fraction of sp³-hybridized carbons (Fsp3) is 0.357. The minimum absolute atomic E-state index is 0.238. The van der Waals surface area contributed by atoms with Crippen LogP contribution in [0, 0.1) is 5.92 Å². The Bertz CT molecular complexity index is 441. The van der Waals surface area contributed by atoms with Crippen molar-refractivity contribution in [2.75, 3.05) is 19.7 Å². The van der Waals surface area contributed by atoms with E-state index in [0.29, 0.717) is 5.92 Å². The molecule has 1 aliphatic heterocycles. The normalized spacial score (nSPS) is 15.1. The maximum Gasteiger partial charge on any atom is 0.410 e. The molecule has 1 fully saturated rings. The van der Waals surface area contributed by atoms with Crippen molar-refractivity contribution in [3.05, 3.63) is 47.0 Å². The molecule has 0 aliphatic carbocycles. The number of halogens is 1. The lowest BCUT2D eigenvalue weighted by molar-refractivity contribution is 0.0603. The lowest BCUT2D eigenvalue weighted by Crippen LogP contribution is -2.50. The molecule has 0 unspecified atom stereocenters. The first kappa shape index (κ1) is 13.1. The molecule has 1 amide bonds. The highest BCUT2D eigenvalue weighted by Crippen LogP contribution is 2.25. The van der Waals surface area contributed by atoms with Crippen LogP contribution in [0.4, 0.5) is 4.79 Å². The van der Waals surface area contributed by atoms with Gasteiger partial charge in [0.15, 0.2) is 0 Å². The summed E-state index contributed by atoms with van der Waals surface area (Å²) in [6.45, 7) is 5.35. The highest BCUT2D eigenvalue weighted by atomic mass is 79.9. The quantitative estimate of drug-likeness (QED) is 0.799. The zero-order valence-corrected chi connectivity index (χ0v) is 11.7. The van der Waals surface area contributed by atoms with Crippen LogP contribution in [0.5, 0.6) is 0 Å². The van der Waals surface area contributed by atoms with Crippen molar-refractivity contribution in [2.45, 2.75) is 6.42 Å². The molecule has 4 heteroatoms. The summed E-state index contributed by atoms with van der Waals surface area (Å²) in [6.07, 6.45) is 2.33. The van der Waals surface area contributed by atoms with Crippen molar-refractivity contribution >= 4 is 22.0 Å². The number of nitrogens with zero attached hydrogens (tertiary/aromatic N) is 1. The summed E-state index contributed by atoms with van der Waals surface area (Å²) >= 11 is 3.54. The highest BCUT2D eigenvalue weighted by Gasteiger charge is 2.31. The molecule has 0 N–H and O–H groups in total. The molecule has 0 spiro atoms. The summed E-state index contributed by atoms with van der Waals surface area (Å²) in [5.41, 5.74) is 1.29. The molecule has 1 heterocycles. The molecule has 0 bridgehead atoms. The molecule has 18 heavy (non-hydrogen) atoms. The fourth-order valence-electron chi connectivity index (χ4n) is 2.04. The third-order valence-electron chi connectivity index (χ3n) is 3.01. The number of rotatable bonds is 4. The smallest absolute Gasteiger partial charge is 0.410 e. The van der Waals surface area contributed by atoms with Crippen LogP contribution in [-0.4, -0.2) is 30.7 Å². The Morgan fingerprint density at radius 3 is 2.89 bits per heavy atom. The lowest BCUT2D eigenvalue weighted by Gasteiger charge is -2.38. The Morgan fingerprint density at radius 1 is 1.50 bits per heavy atom. The maximum absolute atomic E-state index is 11.5. The first-order valence-corrected chi connectivity index (χ1v) is 6.76. The number of likely N-dealkylation sites (tertiary alicyclic amines) is 1. The van der Waals surface area contributed by atoms with E-state index in [2.05, 4.69) is 28.6 Å². The van der Waals surface area contributed by atoms with E-state index in [0.717, 1.165) is 24.0 Å². The molecule has 1 aromatic carbocycles. The number of amides is 1. The van der Waals surface area contributed by atoms with Crippen LogP contribution in [0.2, 0.25) is 0 Å². The third kappa shape index (κ3) is 3.13. The van der Waals surface area contributed by atoms with Crippen LogP contribution >= 0.6 is 15.9 Å². The zero-order valence-electron chi connectivity index (χ0n) is 10.1. The van der Waals surface area contributed by atoms with Gasteiger partial charge in [-0.25, -0.2) is 4.79 Å². The van der Waals surface area contributed by atoms with Gasteiger partial charge in [-0.1, -0.05) is 46.8 Å². The summed E-state index contributed by atoms with van der Waals surface area (Å²) in [5.74, 6) is 0.528. The second-order valence-electron chi connectivity index (χ2n) is 4.43. The standard InChI is InChI=1S/C14H16BrNO2/c1-2-7-18-14(17)16-9-11(10-16)8-12-5-3-4-6-13(12)15/h2-6,11H,1,7-10H2. The summed E-state index contributed by atoms with van der Waals surface area (Å²) in [6, 6.07) is 8.20. The van der Waals surface area contributed by atoms with Crippen molar-refractivity contribution < 1.29 is 9.53 Å². The summed E-state index contributed by atoms with van der Waals surface area (Å²) < 4.78 is 6.11. The van der Waals surface area contributed by atoms with Crippen LogP contribution in [0.25, 0.3) is 0 Å². The molecule has 1 aromatic rings. The van der Waals surface area contributed by atoms with Gasteiger partial charge < -0.3 is 9.64 Å². The van der Waals surface area contributed by atoms with Gasteiger partial charge in [-0.15, -0.1) is 0 Å². The minimum atomic E-state index is -0.238. The van der Waals surface area contributed by atoms with Crippen molar-refractivity contribution in [1.82, 2.24) is 4.90 Å². The first-order chi connectivity index (χ1) is 8.70. The van der Waals surface area contributed by atoms with Gasteiger partial charge in [0.05, 0.1) is 0 Å². The Kier molecular flexibility index (Phi) is 4.42. The van der Waals surface area contributed by atoms with E-state index in [-0.39, 0.29) is 12.7 Å². The van der Waals surface area contributed by atoms with E-state index in [1.807, 2.05) is 18.2 Å². The fourth-order valence-corrected chi connectivity index (χ4v) is 2.49. The maximum atomic E-state index is 11.5. The molecule has 0 atom stereocenters. The largest absolute Gasteiger partial charge is 0.445 e. The van der Waals surface area contributed by atoms with Crippen LogP contribution < -0.4 is 0 Å². The molecule has 1 saturated heterocycles. The van der Waals surface area contributed by atoms with Gasteiger partial charge >= 0.3 is 6.09 Å². The summed E-state index contributed by atoms with van der Waals surface area (Å²) in [4.78, 5) is 13.2. The molecule has 2 rings (SSSR count). The number of carbonyl (C=O) groups excluding carboxylic acids is 1. The predicted molar refractivity (Wildman–Crippen MR) is 74.5 cm³/mol. The van der Waals surface area contributed by atoms with Crippen LogP contribution in [0.3, 0.4) is 0 Å². The first-order valence-electron chi connectivity index (χ1n) is 5.96. The summed E-state index contributed by atoms with van der Waals surface area (Å²) in [5, 5.41) is 0. The van der Waals surface area contributed by atoms with Gasteiger partial charge in [-0.2, -0.15) is 0 Å². The lowest BCUT2D eigenvalue weighted by atomic mass is 9.93. The Labute approximate surface area is 116 Å². The zero-order chi connectivity index (χ0) is 13.0. The van der Waals surface area contributed by atoms with Crippen LogP contribution in [0.1, 0.15) is 5.56 Å². The van der Waals surface area contributed by atoms with Crippen molar-refractivity contribution in [2.24, 2.45) is 5.92 Å². The van der Waals surface area contributed by atoms with E-state index in [9.17, 15) is 4.79 Å². The monoisotopic (exact) mass is 309 g/mol. The Balaban J connectivity index is 1.78. The van der Waals surface area contributed by atoms with Gasteiger partial charge in [0, 0.05) is 17.6 Å². The number of ether oxygens (including phenoxy) is 1. The average Bonchev–Trinajstić information content (AvgIpc) is 2.32. The molecule has 0 saturated carbocycles. The minimum Gasteiger partial charge on any atom is -0.445 e.